The Bertz CT molecular complexity index is 816. The van der Waals surface area contributed by atoms with E-state index in [-0.39, 0.29) is 5.91 Å². The third kappa shape index (κ3) is 2.75. The lowest BCUT2D eigenvalue weighted by molar-refractivity contribution is 0.102. The number of benzene rings is 1. The lowest BCUT2D eigenvalue weighted by Crippen LogP contribution is -2.17. The Labute approximate surface area is 133 Å². The third-order valence-corrected chi connectivity index (χ3v) is 4.15. The summed E-state index contributed by atoms with van der Waals surface area (Å²) in [6, 6.07) is 11.9. The maximum atomic E-state index is 12.3. The van der Waals surface area contributed by atoms with Gasteiger partial charge >= 0.3 is 0 Å². The van der Waals surface area contributed by atoms with E-state index in [1.165, 1.54) is 6.42 Å². The van der Waals surface area contributed by atoms with Crippen LogP contribution in [0.3, 0.4) is 0 Å². The van der Waals surface area contributed by atoms with Gasteiger partial charge in [-0.3, -0.25) is 9.48 Å². The molecule has 1 aromatic carbocycles. The molecule has 0 bridgehead atoms. The monoisotopic (exact) mass is 307 g/mol. The second kappa shape index (κ2) is 5.72. The van der Waals surface area contributed by atoms with E-state index in [0.29, 0.717) is 17.4 Å². The minimum Gasteiger partial charge on any atom is -0.318 e. The van der Waals surface area contributed by atoms with Crippen LogP contribution < -0.4 is 5.32 Å². The van der Waals surface area contributed by atoms with E-state index in [1.807, 2.05) is 41.2 Å². The molecule has 1 saturated carbocycles. The topological polar surface area (TPSA) is 64.7 Å². The van der Waals surface area contributed by atoms with Gasteiger partial charge < -0.3 is 5.32 Å². The van der Waals surface area contributed by atoms with E-state index >= 15 is 0 Å². The molecule has 0 spiro atoms. The Hall–Kier alpha value is -2.89. The number of carbonyl (C=O) groups excluding carboxylic acids is 1. The first-order valence-corrected chi connectivity index (χ1v) is 7.76. The van der Waals surface area contributed by atoms with Crippen LogP contribution in [0.1, 0.15) is 35.8 Å². The molecule has 0 unspecified atom stereocenters. The number of rotatable bonds is 4. The van der Waals surface area contributed by atoms with Crippen LogP contribution in [0.15, 0.2) is 55.0 Å². The zero-order valence-electron chi connectivity index (χ0n) is 12.6. The number of hydrogen-bond acceptors (Lipinski definition) is 3. The molecule has 6 heteroatoms. The summed E-state index contributed by atoms with van der Waals surface area (Å²) in [6.07, 6.45) is 8.93. The van der Waals surface area contributed by atoms with Gasteiger partial charge in [0.1, 0.15) is 0 Å². The third-order valence-electron chi connectivity index (χ3n) is 4.15. The van der Waals surface area contributed by atoms with Crippen molar-refractivity contribution in [2.24, 2.45) is 0 Å². The van der Waals surface area contributed by atoms with Gasteiger partial charge in [-0.1, -0.05) is 18.2 Å². The molecular formula is C17H17N5O. The number of hydrogen-bond donors (Lipinski definition) is 1. The average molecular weight is 307 g/mol. The summed E-state index contributed by atoms with van der Waals surface area (Å²) < 4.78 is 3.62. The first-order chi connectivity index (χ1) is 11.3. The van der Waals surface area contributed by atoms with Crippen molar-refractivity contribution in [2.45, 2.75) is 25.3 Å². The number of nitrogens with zero attached hydrogens (tertiary/aromatic N) is 4. The molecule has 1 fully saturated rings. The Kier molecular flexibility index (Phi) is 3.42. The molecule has 1 N–H and O–H groups in total. The molecule has 116 valence electrons. The van der Waals surface area contributed by atoms with E-state index in [1.54, 1.807) is 23.1 Å². The van der Waals surface area contributed by atoms with Crippen LogP contribution in [-0.2, 0) is 0 Å². The van der Waals surface area contributed by atoms with E-state index in [0.717, 1.165) is 18.5 Å². The van der Waals surface area contributed by atoms with Crippen molar-refractivity contribution in [3.63, 3.8) is 0 Å². The molecule has 3 aromatic rings. The molecule has 0 aliphatic heterocycles. The van der Waals surface area contributed by atoms with Crippen LogP contribution in [0, 0.1) is 0 Å². The predicted octanol–water partition coefficient (Wildman–Crippen LogP) is 3.05. The van der Waals surface area contributed by atoms with Crippen LogP contribution in [0.4, 0.5) is 5.69 Å². The zero-order valence-corrected chi connectivity index (χ0v) is 12.6. The van der Waals surface area contributed by atoms with Crippen LogP contribution >= 0.6 is 0 Å². The first kappa shape index (κ1) is 13.8. The van der Waals surface area contributed by atoms with Gasteiger partial charge in [0.05, 0.1) is 23.6 Å². The maximum absolute atomic E-state index is 12.3. The normalized spacial score (nSPS) is 14.4. The molecule has 6 nitrogen and oxygen atoms in total. The number of amides is 1. The molecular weight excluding hydrogens is 290 g/mol. The Morgan fingerprint density at radius 2 is 2.00 bits per heavy atom. The molecule has 1 aliphatic rings. The minimum absolute atomic E-state index is 0.229. The highest BCUT2D eigenvalue weighted by atomic mass is 16.2. The Morgan fingerprint density at radius 3 is 2.74 bits per heavy atom. The highest BCUT2D eigenvalue weighted by Crippen LogP contribution is 2.31. The van der Waals surface area contributed by atoms with Crippen molar-refractivity contribution in [3.05, 3.63) is 60.7 Å². The fraction of sp³-hybridized carbons (Fsp3) is 0.235. The summed E-state index contributed by atoms with van der Waals surface area (Å²) in [5, 5.41) is 11.5. The molecule has 1 aliphatic carbocycles. The van der Waals surface area contributed by atoms with Crippen molar-refractivity contribution in [1.82, 2.24) is 19.6 Å². The number of carbonyl (C=O) groups is 1. The quantitative estimate of drug-likeness (QED) is 0.805. The lowest BCUT2D eigenvalue weighted by Gasteiger charge is -2.25. The van der Waals surface area contributed by atoms with Crippen molar-refractivity contribution >= 4 is 11.6 Å². The molecule has 0 atom stereocenters. The van der Waals surface area contributed by atoms with Gasteiger partial charge in [-0.2, -0.15) is 10.2 Å². The average Bonchev–Trinajstić information content (AvgIpc) is 3.16. The second-order valence-corrected chi connectivity index (χ2v) is 5.73. The molecule has 0 saturated heterocycles. The predicted molar refractivity (Wildman–Crippen MR) is 86.6 cm³/mol. The maximum Gasteiger partial charge on any atom is 0.276 e. The van der Waals surface area contributed by atoms with Gasteiger partial charge in [0.25, 0.3) is 5.91 Å². The molecule has 2 heterocycles. The fourth-order valence-electron chi connectivity index (χ4n) is 2.62. The first-order valence-electron chi connectivity index (χ1n) is 7.76. The standard InChI is InChI=1S/C17H17N5O/c23-17(19-13-11-18-22(12-13)15-7-4-8-15)16-9-10-21(20-16)14-5-2-1-3-6-14/h1-3,5-6,9-12,15H,4,7-8H2,(H,19,23). The van der Waals surface area contributed by atoms with E-state index in [9.17, 15) is 4.79 Å². The fourth-order valence-corrected chi connectivity index (χ4v) is 2.62. The Balaban J connectivity index is 1.47. The van der Waals surface area contributed by atoms with Crippen molar-refractivity contribution in [2.75, 3.05) is 5.32 Å². The number of para-hydroxylation sites is 1. The summed E-state index contributed by atoms with van der Waals surface area (Å²) in [7, 11) is 0. The van der Waals surface area contributed by atoms with Gasteiger partial charge in [-0.15, -0.1) is 0 Å². The number of anilines is 1. The van der Waals surface area contributed by atoms with Gasteiger partial charge in [-0.05, 0) is 37.5 Å². The second-order valence-electron chi connectivity index (χ2n) is 5.73. The zero-order chi connectivity index (χ0) is 15.6. The van der Waals surface area contributed by atoms with Crippen LogP contribution in [0.2, 0.25) is 0 Å². The highest BCUT2D eigenvalue weighted by Gasteiger charge is 2.20. The molecule has 1 amide bonds. The Morgan fingerprint density at radius 1 is 1.17 bits per heavy atom. The van der Waals surface area contributed by atoms with Crippen LogP contribution in [-0.4, -0.2) is 25.5 Å². The minimum atomic E-state index is -0.229. The lowest BCUT2D eigenvalue weighted by atomic mass is 9.93. The van der Waals surface area contributed by atoms with Gasteiger partial charge in [0.2, 0.25) is 0 Å². The highest BCUT2D eigenvalue weighted by molar-refractivity contribution is 6.02. The summed E-state index contributed by atoms with van der Waals surface area (Å²) in [5.41, 5.74) is 2.01. The van der Waals surface area contributed by atoms with Crippen LogP contribution in [0.25, 0.3) is 5.69 Å². The van der Waals surface area contributed by atoms with Gasteiger partial charge in [-0.25, -0.2) is 4.68 Å². The molecule has 0 radical (unpaired) electrons. The molecule has 23 heavy (non-hydrogen) atoms. The van der Waals surface area contributed by atoms with Gasteiger partial charge in [0, 0.05) is 12.4 Å². The summed E-state index contributed by atoms with van der Waals surface area (Å²) in [5.74, 6) is -0.229. The smallest absolute Gasteiger partial charge is 0.276 e. The van der Waals surface area contributed by atoms with Crippen LogP contribution in [0.5, 0.6) is 0 Å². The summed E-state index contributed by atoms with van der Waals surface area (Å²) in [6.45, 7) is 0. The number of nitrogens with one attached hydrogen (secondary N) is 1. The summed E-state index contributed by atoms with van der Waals surface area (Å²) in [4.78, 5) is 12.3. The van der Waals surface area contributed by atoms with Gasteiger partial charge in [0.15, 0.2) is 5.69 Å². The number of aromatic nitrogens is 4. The largest absolute Gasteiger partial charge is 0.318 e. The molecule has 4 rings (SSSR count). The van der Waals surface area contributed by atoms with Crippen molar-refractivity contribution in [1.29, 1.82) is 0 Å². The summed E-state index contributed by atoms with van der Waals surface area (Å²) >= 11 is 0. The van der Waals surface area contributed by atoms with Crippen molar-refractivity contribution < 1.29 is 4.79 Å². The van der Waals surface area contributed by atoms with E-state index in [4.69, 9.17) is 0 Å². The van der Waals surface area contributed by atoms with E-state index in [2.05, 4.69) is 15.5 Å². The SMILES string of the molecule is O=C(Nc1cnn(C2CCC2)c1)c1ccn(-c2ccccc2)n1. The van der Waals surface area contributed by atoms with E-state index < -0.39 is 0 Å². The van der Waals surface area contributed by atoms with Crippen molar-refractivity contribution in [3.8, 4) is 5.69 Å². The molecule has 2 aromatic heterocycles.